The lowest BCUT2D eigenvalue weighted by atomic mass is 9.71. The van der Waals surface area contributed by atoms with Crippen molar-refractivity contribution in [2.24, 2.45) is 5.92 Å². The molecule has 17 rings (SSSR count). The first-order chi connectivity index (χ1) is 42.1. The Morgan fingerprint density at radius 1 is 0.435 bits per heavy atom. The van der Waals surface area contributed by atoms with Crippen molar-refractivity contribution in [2.45, 2.75) is 18.3 Å². The van der Waals surface area contributed by atoms with Gasteiger partial charge in [-0.25, -0.2) is 0 Å². The molecule has 4 heteroatoms. The molecule has 85 heavy (non-hydrogen) atoms. The molecule has 1 spiro atoms. The van der Waals surface area contributed by atoms with Crippen molar-refractivity contribution < 1.29 is 0 Å². The van der Waals surface area contributed by atoms with Crippen LogP contribution >= 0.6 is 0 Å². The Balaban J connectivity index is 0.945. The number of nitrogens with zero attached hydrogens (tertiary/aromatic N) is 4. The minimum atomic E-state index is -0.768. The zero-order valence-corrected chi connectivity index (χ0v) is 46.9. The van der Waals surface area contributed by atoms with E-state index in [2.05, 4.69) is 325 Å². The maximum Gasteiger partial charge on any atom is 0.0905 e. The molecule has 0 saturated heterocycles. The van der Waals surface area contributed by atoms with Gasteiger partial charge >= 0.3 is 0 Å². The fourth-order valence-electron chi connectivity index (χ4n) is 14.7. The highest BCUT2D eigenvalue weighted by atomic mass is 15.2. The van der Waals surface area contributed by atoms with Gasteiger partial charge in [-0.3, -0.25) is 4.98 Å². The van der Waals surface area contributed by atoms with E-state index in [0.29, 0.717) is 0 Å². The Bertz CT molecular complexity index is 4990. The molecule has 0 radical (unpaired) electrons. The summed E-state index contributed by atoms with van der Waals surface area (Å²) in [6.45, 7) is 2.36. The van der Waals surface area contributed by atoms with Crippen LogP contribution in [0.1, 0.15) is 40.8 Å². The molecule has 3 unspecified atom stereocenters. The van der Waals surface area contributed by atoms with Crippen LogP contribution in [0.4, 0.5) is 28.4 Å². The van der Waals surface area contributed by atoms with E-state index >= 15 is 0 Å². The zero-order chi connectivity index (χ0) is 56.2. The molecule has 2 heterocycles. The summed E-state index contributed by atoms with van der Waals surface area (Å²) in [5.74, 6) is 0.471. The van der Waals surface area contributed by atoms with Gasteiger partial charge in [0.2, 0.25) is 0 Å². The van der Waals surface area contributed by atoms with Crippen molar-refractivity contribution in [2.75, 3.05) is 9.80 Å². The van der Waals surface area contributed by atoms with Crippen LogP contribution in [0.5, 0.6) is 0 Å². The predicted molar refractivity (Wildman–Crippen MR) is 354 cm³/mol. The molecule has 0 amide bonds. The maximum absolute atomic E-state index is 5.53. The minimum absolute atomic E-state index is 0.235. The molecular weight excluding hydrogens is 1030 g/mol. The second-order valence-corrected chi connectivity index (χ2v) is 23.0. The lowest BCUT2D eigenvalue weighted by Crippen LogP contribution is -2.27. The standard InChI is InChI=1S/C81H56N4/c1-53-48-65(43-45-67(53)60-38-36-55-21-12-14-23-58(55)50-60)83(61-24-5-2-6-25-61)66-44-46-71-74(51-66)85(63-28-9-4-10-29-63)76-52-75(84(62-26-7-3-8-27-62)64-41-39-56(40-42-64)59-37-35-54-20-11-13-22-57(54)49-59)77-70-31-16-18-34-73(70)81(79(77)78(71)76)72-33-17-15-30-68(72)69-32-19-47-82-80(69)81/h2-53,67H,1H3. The van der Waals surface area contributed by atoms with Crippen LogP contribution in [0.3, 0.4) is 0 Å². The number of anilines is 5. The third kappa shape index (κ3) is 7.51. The normalized spacial score (nSPS) is 16.4. The maximum atomic E-state index is 5.53. The number of para-hydroxylation sites is 3. The van der Waals surface area contributed by atoms with E-state index in [0.717, 1.165) is 56.5 Å². The number of allylic oxidation sites excluding steroid dienone is 3. The van der Waals surface area contributed by atoms with E-state index < -0.39 is 5.41 Å². The number of hydrogen-bond donors (Lipinski definition) is 0. The summed E-state index contributed by atoms with van der Waals surface area (Å²) in [5.41, 5.74) is 22.4. The molecule has 12 aromatic carbocycles. The van der Waals surface area contributed by atoms with Crippen LogP contribution < -0.4 is 9.80 Å². The summed E-state index contributed by atoms with van der Waals surface area (Å²) in [6.07, 6.45) is 9.23. The van der Waals surface area contributed by atoms with Gasteiger partial charge in [0, 0.05) is 68.1 Å². The highest BCUT2D eigenvalue weighted by Crippen LogP contribution is 2.67. The Morgan fingerprint density at radius 2 is 1.01 bits per heavy atom. The molecule has 3 atom stereocenters. The largest absolute Gasteiger partial charge is 0.311 e. The van der Waals surface area contributed by atoms with Gasteiger partial charge in [0.1, 0.15) is 0 Å². The van der Waals surface area contributed by atoms with Crippen LogP contribution in [0.25, 0.3) is 82.4 Å². The molecular formula is C81H56N4. The molecule has 14 aromatic rings. The Labute approximate surface area is 494 Å². The number of aromatic nitrogens is 2. The number of fused-ring (bicyclic) bond motifs is 16. The van der Waals surface area contributed by atoms with Gasteiger partial charge in [-0.05, 0) is 157 Å². The number of pyridine rings is 1. The molecule has 3 aliphatic rings. The highest BCUT2D eigenvalue weighted by Gasteiger charge is 2.55. The van der Waals surface area contributed by atoms with Crippen LogP contribution in [0.15, 0.2) is 315 Å². The molecule has 3 aliphatic carbocycles. The summed E-state index contributed by atoms with van der Waals surface area (Å²) in [5, 5.41) is 7.39. The topological polar surface area (TPSA) is 24.3 Å². The summed E-state index contributed by atoms with van der Waals surface area (Å²) < 4.78 is 2.54. The molecule has 400 valence electrons. The Kier molecular flexibility index (Phi) is 11.2. The minimum Gasteiger partial charge on any atom is -0.311 e. The SMILES string of the molecule is CC1C=C(N(c2ccccc2)c2ccc3c4c5c(c(N(c6ccccc6)c6ccc(-c7ccc8ccccc8c7)cc6)cc4n(-c4ccccc4)c3c2)-c2ccccc2C52c3ccccc3-c3cccnc32)C=CC1c1ccc2ccccc2c1. The van der Waals surface area contributed by atoms with E-state index in [1.807, 2.05) is 6.20 Å². The first-order valence-electron chi connectivity index (χ1n) is 29.6. The van der Waals surface area contributed by atoms with Gasteiger partial charge in [-0.1, -0.05) is 225 Å². The van der Waals surface area contributed by atoms with Crippen molar-refractivity contribution in [3.63, 3.8) is 0 Å². The van der Waals surface area contributed by atoms with Gasteiger partial charge in [0.15, 0.2) is 0 Å². The lowest BCUT2D eigenvalue weighted by Gasteiger charge is -2.32. The summed E-state index contributed by atoms with van der Waals surface area (Å²) in [4.78, 5) is 10.5. The van der Waals surface area contributed by atoms with Crippen molar-refractivity contribution in [1.82, 2.24) is 9.55 Å². The summed E-state index contributed by atoms with van der Waals surface area (Å²) in [7, 11) is 0. The summed E-state index contributed by atoms with van der Waals surface area (Å²) in [6, 6.07) is 105. The van der Waals surface area contributed by atoms with Crippen molar-refractivity contribution in [1.29, 1.82) is 0 Å². The zero-order valence-electron chi connectivity index (χ0n) is 46.9. The number of benzene rings is 12. The third-order valence-electron chi connectivity index (χ3n) is 18.4. The first-order valence-corrected chi connectivity index (χ1v) is 29.6. The fourth-order valence-corrected chi connectivity index (χ4v) is 14.7. The highest BCUT2D eigenvalue weighted by molar-refractivity contribution is 6.19. The van der Waals surface area contributed by atoms with E-state index in [1.54, 1.807) is 0 Å². The second-order valence-electron chi connectivity index (χ2n) is 23.0. The lowest BCUT2D eigenvalue weighted by molar-refractivity contribution is 0.629. The van der Waals surface area contributed by atoms with Crippen molar-refractivity contribution in [3.05, 3.63) is 343 Å². The van der Waals surface area contributed by atoms with Crippen molar-refractivity contribution >= 4 is 71.8 Å². The van der Waals surface area contributed by atoms with Gasteiger partial charge in [0.25, 0.3) is 0 Å². The molecule has 2 aromatic heterocycles. The van der Waals surface area contributed by atoms with E-state index in [9.17, 15) is 0 Å². The Hall–Kier alpha value is -10.8. The van der Waals surface area contributed by atoms with Gasteiger partial charge < -0.3 is 14.4 Å². The van der Waals surface area contributed by atoms with Crippen LogP contribution in [-0.2, 0) is 5.41 Å². The molecule has 0 bridgehead atoms. The van der Waals surface area contributed by atoms with E-state index in [1.165, 1.54) is 88.0 Å². The number of hydrogen-bond acceptors (Lipinski definition) is 3. The van der Waals surface area contributed by atoms with Crippen LogP contribution in [0, 0.1) is 5.92 Å². The second kappa shape index (κ2) is 19.4. The van der Waals surface area contributed by atoms with Crippen LogP contribution in [-0.4, -0.2) is 9.55 Å². The third-order valence-corrected chi connectivity index (χ3v) is 18.4. The average Bonchev–Trinajstić information content (AvgIpc) is 1.51. The molecule has 0 saturated carbocycles. The summed E-state index contributed by atoms with van der Waals surface area (Å²) >= 11 is 0. The number of rotatable bonds is 9. The van der Waals surface area contributed by atoms with Gasteiger partial charge in [-0.2, -0.15) is 0 Å². The molecule has 0 fully saturated rings. The van der Waals surface area contributed by atoms with E-state index in [-0.39, 0.29) is 11.8 Å². The average molecular weight is 1090 g/mol. The molecule has 4 nitrogen and oxygen atoms in total. The van der Waals surface area contributed by atoms with Gasteiger partial charge in [-0.15, -0.1) is 0 Å². The fraction of sp³-hybridized carbons (Fsp3) is 0.0494. The smallest absolute Gasteiger partial charge is 0.0905 e. The van der Waals surface area contributed by atoms with E-state index in [4.69, 9.17) is 4.98 Å². The monoisotopic (exact) mass is 1080 g/mol. The molecule has 0 aliphatic heterocycles. The van der Waals surface area contributed by atoms with Gasteiger partial charge in [0.05, 0.1) is 27.8 Å². The van der Waals surface area contributed by atoms with Crippen molar-refractivity contribution in [3.8, 4) is 39.1 Å². The van der Waals surface area contributed by atoms with Crippen LogP contribution in [0.2, 0.25) is 0 Å². The predicted octanol–water partition coefficient (Wildman–Crippen LogP) is 21.0. The Morgan fingerprint density at radius 3 is 1.74 bits per heavy atom. The molecule has 0 N–H and O–H groups in total. The first kappa shape index (κ1) is 48.9. The quantitative estimate of drug-likeness (QED) is 0.144.